The van der Waals surface area contributed by atoms with Crippen LogP contribution in [0.2, 0.25) is 0 Å². The molecule has 2 atom stereocenters. The van der Waals surface area contributed by atoms with Crippen LogP contribution in [-0.2, 0) is 22.6 Å². The quantitative estimate of drug-likeness (QED) is 0.643. The lowest BCUT2D eigenvalue weighted by Gasteiger charge is -2.32. The third kappa shape index (κ3) is 6.19. The van der Waals surface area contributed by atoms with Gasteiger partial charge in [0.15, 0.2) is 0 Å². The number of nitrogens with zero attached hydrogens (tertiary/aromatic N) is 1. The lowest BCUT2D eigenvalue weighted by Crippen LogP contribution is -2.51. The second-order valence-corrected chi connectivity index (χ2v) is 8.29. The van der Waals surface area contributed by atoms with Crippen LogP contribution in [0.15, 0.2) is 42.5 Å². The monoisotopic (exact) mass is 408 g/mol. The first kappa shape index (κ1) is 23.7. The summed E-state index contributed by atoms with van der Waals surface area (Å²) >= 11 is 0. The highest BCUT2D eigenvalue weighted by atomic mass is 16.2. The third-order valence-corrected chi connectivity index (χ3v) is 5.92. The summed E-state index contributed by atoms with van der Waals surface area (Å²) in [5.74, 6) is -0.0958. The normalized spacial score (nSPS) is 12.9. The molecule has 0 fully saturated rings. The molecule has 0 aromatic heterocycles. The van der Waals surface area contributed by atoms with Gasteiger partial charge in [-0.3, -0.25) is 9.59 Å². The molecule has 2 rings (SSSR count). The van der Waals surface area contributed by atoms with E-state index in [1.165, 1.54) is 11.1 Å². The smallest absolute Gasteiger partial charge is 0.243 e. The largest absolute Gasteiger partial charge is 0.352 e. The van der Waals surface area contributed by atoms with Crippen molar-refractivity contribution in [3.63, 3.8) is 0 Å². The maximum absolute atomic E-state index is 13.4. The molecule has 0 aliphatic carbocycles. The van der Waals surface area contributed by atoms with Gasteiger partial charge in [-0.15, -0.1) is 0 Å². The Bertz CT molecular complexity index is 875. The number of hydrogen-bond acceptors (Lipinski definition) is 2. The highest BCUT2D eigenvalue weighted by molar-refractivity contribution is 5.88. The zero-order valence-electron chi connectivity index (χ0n) is 19.3. The predicted molar refractivity (Wildman–Crippen MR) is 123 cm³/mol. The molecule has 0 aliphatic rings. The van der Waals surface area contributed by atoms with E-state index in [4.69, 9.17) is 0 Å². The number of hydrogen-bond donors (Lipinski definition) is 1. The maximum atomic E-state index is 13.4. The molecule has 2 amide bonds. The fourth-order valence-corrected chi connectivity index (χ4v) is 3.52. The van der Waals surface area contributed by atoms with Gasteiger partial charge in [0.05, 0.1) is 6.42 Å². The number of amides is 2. The van der Waals surface area contributed by atoms with Gasteiger partial charge in [-0.05, 0) is 68.4 Å². The van der Waals surface area contributed by atoms with Crippen molar-refractivity contribution in [2.24, 2.45) is 0 Å². The van der Waals surface area contributed by atoms with Gasteiger partial charge in [0.2, 0.25) is 11.8 Å². The van der Waals surface area contributed by atoms with Crippen LogP contribution in [0, 0.1) is 20.8 Å². The predicted octanol–water partition coefficient (Wildman–Crippen LogP) is 4.88. The maximum Gasteiger partial charge on any atom is 0.243 e. The molecule has 0 saturated heterocycles. The van der Waals surface area contributed by atoms with Crippen molar-refractivity contribution < 1.29 is 9.59 Å². The van der Waals surface area contributed by atoms with Crippen LogP contribution in [0.1, 0.15) is 61.4 Å². The van der Waals surface area contributed by atoms with Crippen molar-refractivity contribution in [3.8, 4) is 0 Å². The summed E-state index contributed by atoms with van der Waals surface area (Å²) in [6.07, 6.45) is 1.73. The number of nitrogens with one attached hydrogen (secondary N) is 1. The Morgan fingerprint density at radius 1 is 0.933 bits per heavy atom. The summed E-state index contributed by atoms with van der Waals surface area (Å²) in [7, 11) is 0. The minimum absolute atomic E-state index is 0.0207. The van der Waals surface area contributed by atoms with Crippen molar-refractivity contribution in [2.75, 3.05) is 0 Å². The molecule has 0 heterocycles. The van der Waals surface area contributed by atoms with Crippen LogP contribution in [0.5, 0.6) is 0 Å². The number of rotatable bonds is 9. The minimum Gasteiger partial charge on any atom is -0.352 e. The molecule has 0 radical (unpaired) electrons. The van der Waals surface area contributed by atoms with E-state index in [1.807, 2.05) is 58.0 Å². The molecule has 4 heteroatoms. The number of aryl methyl sites for hydroxylation is 3. The van der Waals surface area contributed by atoms with Crippen LogP contribution >= 0.6 is 0 Å². The van der Waals surface area contributed by atoms with Gasteiger partial charge in [0, 0.05) is 12.6 Å². The van der Waals surface area contributed by atoms with Gasteiger partial charge in [-0.2, -0.15) is 0 Å². The van der Waals surface area contributed by atoms with E-state index in [1.54, 1.807) is 4.90 Å². The van der Waals surface area contributed by atoms with Crippen LogP contribution in [0.25, 0.3) is 0 Å². The first-order valence-electron chi connectivity index (χ1n) is 11.0. The lowest BCUT2D eigenvalue weighted by atomic mass is 10.0. The number of carbonyl (C=O) groups excluding carboxylic acids is 2. The zero-order chi connectivity index (χ0) is 22.3. The van der Waals surface area contributed by atoms with Crippen molar-refractivity contribution in [2.45, 2.75) is 79.4 Å². The summed E-state index contributed by atoms with van der Waals surface area (Å²) in [6, 6.07) is 13.8. The Hall–Kier alpha value is -2.62. The van der Waals surface area contributed by atoms with Gasteiger partial charge in [-0.1, -0.05) is 56.3 Å². The molecule has 30 heavy (non-hydrogen) atoms. The average Bonchev–Trinajstić information content (AvgIpc) is 2.71. The first-order chi connectivity index (χ1) is 14.3. The molecule has 0 spiro atoms. The molecule has 2 aromatic rings. The van der Waals surface area contributed by atoms with Crippen LogP contribution in [0.3, 0.4) is 0 Å². The van der Waals surface area contributed by atoms with E-state index in [0.29, 0.717) is 19.4 Å². The van der Waals surface area contributed by atoms with Gasteiger partial charge in [-0.25, -0.2) is 0 Å². The fourth-order valence-electron chi connectivity index (χ4n) is 3.52. The Balaban J connectivity index is 2.33. The highest BCUT2D eigenvalue weighted by Gasteiger charge is 2.29. The van der Waals surface area contributed by atoms with E-state index in [9.17, 15) is 9.59 Å². The van der Waals surface area contributed by atoms with E-state index in [-0.39, 0.29) is 17.9 Å². The van der Waals surface area contributed by atoms with Crippen LogP contribution in [0.4, 0.5) is 0 Å². The summed E-state index contributed by atoms with van der Waals surface area (Å²) in [6.45, 7) is 12.6. The second kappa shape index (κ2) is 11.0. The molecular formula is C26H36N2O2. The van der Waals surface area contributed by atoms with Gasteiger partial charge in [0.1, 0.15) is 6.04 Å². The molecule has 2 aromatic carbocycles. The Labute approximate surface area is 181 Å². The topological polar surface area (TPSA) is 49.4 Å². The van der Waals surface area contributed by atoms with E-state index >= 15 is 0 Å². The Morgan fingerprint density at radius 2 is 1.63 bits per heavy atom. The van der Waals surface area contributed by atoms with E-state index in [2.05, 4.69) is 31.3 Å². The van der Waals surface area contributed by atoms with Crippen molar-refractivity contribution >= 4 is 11.8 Å². The molecule has 1 N–H and O–H groups in total. The number of carbonyl (C=O) groups is 2. The van der Waals surface area contributed by atoms with Crippen molar-refractivity contribution in [1.82, 2.24) is 10.2 Å². The van der Waals surface area contributed by atoms with E-state index < -0.39 is 6.04 Å². The molecule has 0 unspecified atom stereocenters. The number of benzene rings is 2. The first-order valence-corrected chi connectivity index (χ1v) is 11.0. The molecule has 0 aliphatic heterocycles. The zero-order valence-corrected chi connectivity index (χ0v) is 19.3. The fraction of sp³-hybridized carbons (Fsp3) is 0.462. The Morgan fingerprint density at radius 3 is 2.23 bits per heavy atom. The molecule has 162 valence electrons. The summed E-state index contributed by atoms with van der Waals surface area (Å²) < 4.78 is 0. The summed E-state index contributed by atoms with van der Waals surface area (Å²) in [5.41, 5.74) is 5.56. The lowest BCUT2D eigenvalue weighted by molar-refractivity contribution is -0.141. The molecule has 0 bridgehead atoms. The van der Waals surface area contributed by atoms with Gasteiger partial charge >= 0.3 is 0 Å². The molecule has 4 nitrogen and oxygen atoms in total. The second-order valence-electron chi connectivity index (χ2n) is 8.29. The van der Waals surface area contributed by atoms with Crippen LogP contribution in [-0.4, -0.2) is 28.8 Å². The highest BCUT2D eigenvalue weighted by Crippen LogP contribution is 2.18. The van der Waals surface area contributed by atoms with Gasteiger partial charge in [0.25, 0.3) is 0 Å². The average molecular weight is 409 g/mol. The van der Waals surface area contributed by atoms with Gasteiger partial charge < -0.3 is 10.2 Å². The molecule has 0 saturated carbocycles. The molecular weight excluding hydrogens is 372 g/mol. The van der Waals surface area contributed by atoms with Crippen molar-refractivity contribution in [3.05, 3.63) is 70.3 Å². The standard InChI is InChI=1S/C26H36N2O2/c1-7-21(6)27-26(30)24(8-2)28(17-23-12-10-9-11-19(23)4)25(29)16-22-14-13-18(3)20(5)15-22/h9-15,21,24H,7-8,16-17H2,1-6H3,(H,27,30)/t21-,24-/m1/s1. The Kier molecular flexibility index (Phi) is 8.64. The minimum atomic E-state index is -0.488. The summed E-state index contributed by atoms with van der Waals surface area (Å²) in [4.78, 5) is 28.2. The summed E-state index contributed by atoms with van der Waals surface area (Å²) in [5, 5.41) is 3.06. The van der Waals surface area contributed by atoms with Crippen molar-refractivity contribution in [1.29, 1.82) is 0 Å². The van der Waals surface area contributed by atoms with Crippen LogP contribution < -0.4 is 5.32 Å². The SMILES string of the molecule is CC[C@@H](C)NC(=O)[C@@H](CC)N(Cc1ccccc1C)C(=O)Cc1ccc(C)c(C)c1. The third-order valence-electron chi connectivity index (χ3n) is 5.92. The van der Waals surface area contributed by atoms with E-state index in [0.717, 1.165) is 23.1 Å².